The number of nitrogens with zero attached hydrogens (tertiary/aromatic N) is 3. The van der Waals surface area contributed by atoms with E-state index in [1.54, 1.807) is 16.2 Å². The average molecular weight is 550 g/mol. The average Bonchev–Trinajstić information content (AvgIpc) is 3.69. The third-order valence-corrected chi connectivity index (χ3v) is 8.05. The first-order chi connectivity index (χ1) is 18.8. The monoisotopic (exact) mass is 549 g/mol. The predicted octanol–water partition coefficient (Wildman–Crippen LogP) is 7.10. The summed E-state index contributed by atoms with van der Waals surface area (Å²) in [6.45, 7) is 1.47. The molecule has 6 rings (SSSR count). The van der Waals surface area contributed by atoms with E-state index in [4.69, 9.17) is 9.72 Å². The van der Waals surface area contributed by atoms with Crippen molar-refractivity contribution < 1.29 is 22.7 Å². The quantitative estimate of drug-likeness (QED) is 0.218. The lowest BCUT2D eigenvalue weighted by molar-refractivity contribution is -0.137. The molecule has 1 amide bonds. The standard InChI is InChI=1S/C30H26F3N3O2S/c31-30(32,33)24-11-9-21(10-12-24)28(37)35(17-26-6-3-15-38-26)14-13-25-19-39-29-34-27(18-36(25)29)23-8-7-20-4-1-2-5-22(20)16-23/h1-2,4-5,7-12,16,18-19,26H,3,6,13-15,17H2. The number of alkyl halides is 3. The molecule has 0 radical (unpaired) electrons. The Morgan fingerprint density at radius 3 is 2.62 bits per heavy atom. The molecule has 5 nitrogen and oxygen atoms in total. The van der Waals surface area contributed by atoms with Gasteiger partial charge in [-0.3, -0.25) is 9.20 Å². The first-order valence-electron chi connectivity index (χ1n) is 12.9. The van der Waals surface area contributed by atoms with Gasteiger partial charge in [0.2, 0.25) is 0 Å². The van der Waals surface area contributed by atoms with E-state index in [1.807, 2.05) is 23.7 Å². The van der Waals surface area contributed by atoms with Crippen molar-refractivity contribution in [2.75, 3.05) is 19.7 Å². The van der Waals surface area contributed by atoms with Crippen molar-refractivity contribution in [1.29, 1.82) is 0 Å². The second-order valence-electron chi connectivity index (χ2n) is 9.78. The summed E-state index contributed by atoms with van der Waals surface area (Å²) in [6, 6.07) is 18.9. The highest BCUT2D eigenvalue weighted by Gasteiger charge is 2.31. The lowest BCUT2D eigenvalue weighted by Crippen LogP contribution is -2.39. The number of halogens is 3. The van der Waals surface area contributed by atoms with Crippen LogP contribution < -0.4 is 0 Å². The molecule has 200 valence electrons. The lowest BCUT2D eigenvalue weighted by atomic mass is 10.1. The number of ether oxygens (including phenoxy) is 1. The van der Waals surface area contributed by atoms with Gasteiger partial charge in [0.05, 0.1) is 17.4 Å². The molecule has 0 aliphatic carbocycles. The first kappa shape index (κ1) is 25.6. The molecule has 5 aromatic rings. The van der Waals surface area contributed by atoms with Crippen molar-refractivity contribution in [2.45, 2.75) is 31.5 Å². The van der Waals surface area contributed by atoms with Gasteiger partial charge < -0.3 is 9.64 Å². The maximum absolute atomic E-state index is 13.4. The summed E-state index contributed by atoms with van der Waals surface area (Å²) in [4.78, 5) is 20.8. The molecule has 9 heteroatoms. The van der Waals surface area contributed by atoms with Crippen molar-refractivity contribution in [1.82, 2.24) is 14.3 Å². The minimum atomic E-state index is -4.44. The summed E-state index contributed by atoms with van der Waals surface area (Å²) >= 11 is 1.54. The van der Waals surface area contributed by atoms with Crippen LogP contribution in [0.3, 0.4) is 0 Å². The molecule has 1 unspecified atom stereocenters. The largest absolute Gasteiger partial charge is 0.416 e. The van der Waals surface area contributed by atoms with E-state index >= 15 is 0 Å². The molecular formula is C30H26F3N3O2S. The number of carbonyl (C=O) groups excluding carboxylic acids is 1. The molecule has 0 bridgehead atoms. The molecule has 0 saturated carbocycles. The molecule has 1 aliphatic rings. The van der Waals surface area contributed by atoms with Crippen LogP contribution in [-0.2, 0) is 17.3 Å². The van der Waals surface area contributed by atoms with Gasteiger partial charge in [-0.15, -0.1) is 11.3 Å². The number of carbonyl (C=O) groups is 1. The number of hydrogen-bond acceptors (Lipinski definition) is 4. The zero-order chi connectivity index (χ0) is 27.0. The SMILES string of the molecule is O=C(c1ccc(C(F)(F)F)cc1)N(CCc1csc2nc(-c3ccc4ccccc4c3)cn12)CC1CCCO1. The van der Waals surface area contributed by atoms with Crippen LogP contribution in [0.4, 0.5) is 13.2 Å². The van der Waals surface area contributed by atoms with Crippen molar-refractivity contribution in [3.8, 4) is 11.3 Å². The molecular weight excluding hydrogens is 523 g/mol. The van der Waals surface area contributed by atoms with Gasteiger partial charge >= 0.3 is 6.18 Å². The van der Waals surface area contributed by atoms with E-state index in [1.165, 1.54) is 17.5 Å². The number of fused-ring (bicyclic) bond motifs is 2. The number of aromatic nitrogens is 2. The van der Waals surface area contributed by atoms with Gasteiger partial charge in [0, 0.05) is 54.5 Å². The Balaban J connectivity index is 1.22. The molecule has 1 saturated heterocycles. The summed E-state index contributed by atoms with van der Waals surface area (Å²) in [5.74, 6) is -0.298. The van der Waals surface area contributed by atoms with Gasteiger partial charge in [-0.25, -0.2) is 4.98 Å². The van der Waals surface area contributed by atoms with Crippen molar-refractivity contribution >= 4 is 33.0 Å². The maximum atomic E-state index is 13.4. The van der Waals surface area contributed by atoms with Crippen LogP contribution >= 0.6 is 11.3 Å². The van der Waals surface area contributed by atoms with Gasteiger partial charge in [0.25, 0.3) is 5.91 Å². The second kappa shape index (κ2) is 10.5. The van der Waals surface area contributed by atoms with E-state index in [0.29, 0.717) is 26.1 Å². The van der Waals surface area contributed by atoms with Crippen LogP contribution in [0.25, 0.3) is 27.0 Å². The topological polar surface area (TPSA) is 46.8 Å². The van der Waals surface area contributed by atoms with Gasteiger partial charge in [0.1, 0.15) is 0 Å². The fourth-order valence-electron chi connectivity index (χ4n) is 5.04. The Hall–Kier alpha value is -3.69. The van der Waals surface area contributed by atoms with Crippen molar-refractivity contribution in [3.63, 3.8) is 0 Å². The third kappa shape index (κ3) is 5.42. The molecule has 39 heavy (non-hydrogen) atoms. The molecule has 1 fully saturated rings. The van der Waals surface area contributed by atoms with Crippen LogP contribution in [0.1, 0.15) is 34.5 Å². The number of hydrogen-bond donors (Lipinski definition) is 0. The first-order valence-corrected chi connectivity index (χ1v) is 13.8. The number of benzene rings is 3. The highest BCUT2D eigenvalue weighted by molar-refractivity contribution is 7.15. The van der Waals surface area contributed by atoms with Gasteiger partial charge in [0.15, 0.2) is 4.96 Å². The maximum Gasteiger partial charge on any atom is 0.416 e. The number of amides is 1. The summed E-state index contributed by atoms with van der Waals surface area (Å²) in [6.07, 6.45) is -0.126. The van der Waals surface area contributed by atoms with Crippen LogP contribution in [0, 0.1) is 0 Å². The molecule has 0 N–H and O–H groups in total. The summed E-state index contributed by atoms with van der Waals surface area (Å²) < 4.78 is 46.9. The van der Waals surface area contributed by atoms with E-state index < -0.39 is 11.7 Å². The fraction of sp³-hybridized carbons (Fsp3) is 0.267. The van der Waals surface area contributed by atoms with Crippen LogP contribution in [-0.4, -0.2) is 46.0 Å². The highest BCUT2D eigenvalue weighted by atomic mass is 32.1. The Labute approximate surface area is 227 Å². The van der Waals surface area contributed by atoms with Gasteiger partial charge in [-0.2, -0.15) is 13.2 Å². The number of imidazole rings is 1. The summed E-state index contributed by atoms with van der Waals surface area (Å²) in [5, 5.41) is 4.37. The number of rotatable bonds is 7. The molecule has 2 aromatic heterocycles. The van der Waals surface area contributed by atoms with E-state index in [9.17, 15) is 18.0 Å². The van der Waals surface area contributed by atoms with Crippen LogP contribution in [0.5, 0.6) is 0 Å². The Morgan fingerprint density at radius 1 is 1.08 bits per heavy atom. The minimum absolute atomic E-state index is 0.0707. The zero-order valence-electron chi connectivity index (χ0n) is 21.0. The molecule has 0 spiro atoms. The molecule has 3 aromatic carbocycles. The Morgan fingerprint density at radius 2 is 1.87 bits per heavy atom. The van der Waals surface area contributed by atoms with Crippen LogP contribution in [0.2, 0.25) is 0 Å². The lowest BCUT2D eigenvalue weighted by Gasteiger charge is -2.25. The van der Waals surface area contributed by atoms with Crippen LogP contribution in [0.15, 0.2) is 78.3 Å². The van der Waals surface area contributed by atoms with Gasteiger partial charge in [-0.1, -0.05) is 36.4 Å². The van der Waals surface area contributed by atoms with E-state index in [-0.39, 0.29) is 17.6 Å². The zero-order valence-corrected chi connectivity index (χ0v) is 21.8. The van der Waals surface area contributed by atoms with Crippen molar-refractivity contribution in [2.24, 2.45) is 0 Å². The normalized spacial score (nSPS) is 15.8. The fourth-order valence-corrected chi connectivity index (χ4v) is 5.95. The Bertz CT molecular complexity index is 1620. The van der Waals surface area contributed by atoms with E-state index in [0.717, 1.165) is 52.3 Å². The third-order valence-electron chi connectivity index (χ3n) is 7.16. The molecule has 3 heterocycles. The second-order valence-corrected chi connectivity index (χ2v) is 10.6. The van der Waals surface area contributed by atoms with E-state index in [2.05, 4.69) is 34.7 Å². The molecule has 1 atom stereocenters. The summed E-state index contributed by atoms with van der Waals surface area (Å²) in [5.41, 5.74) is 2.40. The highest BCUT2D eigenvalue weighted by Crippen LogP contribution is 2.30. The molecule has 1 aliphatic heterocycles. The van der Waals surface area contributed by atoms with Crippen molar-refractivity contribution in [3.05, 3.63) is 95.1 Å². The smallest absolute Gasteiger partial charge is 0.376 e. The Kier molecular flexibility index (Phi) is 6.86. The summed E-state index contributed by atoms with van der Waals surface area (Å²) in [7, 11) is 0. The predicted molar refractivity (Wildman–Crippen MR) is 146 cm³/mol. The minimum Gasteiger partial charge on any atom is -0.376 e. The number of thiazole rings is 1. The van der Waals surface area contributed by atoms with Gasteiger partial charge in [-0.05, 0) is 53.9 Å².